The maximum atomic E-state index is 12.4. The Hall–Kier alpha value is -1.60. The second-order valence-corrected chi connectivity index (χ2v) is 11.5. The summed E-state index contributed by atoms with van der Waals surface area (Å²) in [5.74, 6) is 10.0. The van der Waals surface area contributed by atoms with Gasteiger partial charge in [0.25, 0.3) is 0 Å². The molecule has 1 saturated heterocycles. The fraction of sp³-hybridized carbons (Fsp3) is 0.654. The molecule has 0 bridgehead atoms. The molecule has 0 aromatic heterocycles. The summed E-state index contributed by atoms with van der Waals surface area (Å²) in [4.78, 5) is 13.8. The Kier molecular flexibility index (Phi) is 8.17. The van der Waals surface area contributed by atoms with Crippen LogP contribution in [0, 0.1) is 31.6 Å². The van der Waals surface area contributed by atoms with E-state index in [0.717, 1.165) is 29.7 Å². The Morgan fingerprint density at radius 2 is 1.63 bits per heavy atom. The van der Waals surface area contributed by atoms with E-state index in [1.54, 1.807) is 0 Å². The number of hydrogen-bond donors (Lipinski definition) is 0. The van der Waals surface area contributed by atoms with Crippen LogP contribution in [0.2, 0.25) is 0 Å². The van der Waals surface area contributed by atoms with E-state index in [2.05, 4.69) is 37.8 Å². The third-order valence-corrected chi connectivity index (χ3v) is 8.40. The minimum absolute atomic E-state index is 0.0821. The fourth-order valence-corrected chi connectivity index (χ4v) is 6.83. The first kappa shape index (κ1) is 23.1. The topological polar surface area (TPSA) is 35.5 Å². The third kappa shape index (κ3) is 6.71. The molecule has 30 heavy (non-hydrogen) atoms. The Bertz CT molecular complexity index is 767. The molecule has 2 aliphatic rings. The molecular formula is C26H37O3S+. The van der Waals surface area contributed by atoms with Crippen LogP contribution in [0.3, 0.4) is 0 Å². The van der Waals surface area contributed by atoms with Crippen molar-refractivity contribution in [2.24, 2.45) is 5.92 Å². The first-order valence-corrected chi connectivity index (χ1v) is 13.1. The molecule has 3 rings (SSSR count). The molecule has 164 valence electrons. The molecule has 0 N–H and O–H groups in total. The lowest BCUT2D eigenvalue weighted by atomic mass is 9.89. The van der Waals surface area contributed by atoms with Crippen molar-refractivity contribution >= 4 is 16.9 Å². The summed E-state index contributed by atoms with van der Waals surface area (Å²) in [6, 6.07) is 4.50. The minimum atomic E-state index is -0.784. The van der Waals surface area contributed by atoms with Gasteiger partial charge in [-0.15, -0.1) is 0 Å². The van der Waals surface area contributed by atoms with E-state index in [9.17, 15) is 4.79 Å². The molecule has 0 unspecified atom stereocenters. The minimum Gasteiger partial charge on any atom is -0.481 e. The number of esters is 1. The fourth-order valence-electron chi connectivity index (χ4n) is 4.37. The average Bonchev–Trinajstić information content (AvgIpc) is 2.73. The van der Waals surface area contributed by atoms with Crippen molar-refractivity contribution < 1.29 is 14.3 Å². The van der Waals surface area contributed by atoms with E-state index in [1.165, 1.54) is 54.9 Å². The van der Waals surface area contributed by atoms with Crippen molar-refractivity contribution in [2.45, 2.75) is 89.6 Å². The van der Waals surface area contributed by atoms with Gasteiger partial charge in [0.15, 0.2) is 17.1 Å². The maximum absolute atomic E-state index is 12.4. The van der Waals surface area contributed by atoms with E-state index in [1.807, 2.05) is 13.8 Å². The molecule has 0 amide bonds. The molecule has 1 saturated carbocycles. The second kappa shape index (κ2) is 10.6. The van der Waals surface area contributed by atoms with Gasteiger partial charge in [-0.25, -0.2) is 4.79 Å². The molecule has 3 nitrogen and oxygen atoms in total. The monoisotopic (exact) mass is 429 g/mol. The number of hydrogen-bond acceptors (Lipinski definition) is 3. The summed E-state index contributed by atoms with van der Waals surface area (Å²) in [5.41, 5.74) is 1.42. The number of rotatable bonds is 5. The molecule has 1 aliphatic carbocycles. The summed E-state index contributed by atoms with van der Waals surface area (Å²) in [6.45, 7) is 7.78. The van der Waals surface area contributed by atoms with Gasteiger partial charge in [0.1, 0.15) is 17.3 Å². The Balaban J connectivity index is 1.55. The van der Waals surface area contributed by atoms with Gasteiger partial charge < -0.3 is 9.47 Å². The first-order valence-electron chi connectivity index (χ1n) is 11.5. The number of carbonyl (C=O) groups is 1. The van der Waals surface area contributed by atoms with Crippen LogP contribution in [0.4, 0.5) is 0 Å². The maximum Gasteiger partial charge on any atom is 0.345 e. The summed E-state index contributed by atoms with van der Waals surface area (Å²) >= 11 is 0. The van der Waals surface area contributed by atoms with E-state index < -0.39 is 5.60 Å². The summed E-state index contributed by atoms with van der Waals surface area (Å²) in [7, 11) is 0.370. The lowest BCUT2D eigenvalue weighted by Crippen LogP contribution is -2.29. The van der Waals surface area contributed by atoms with Gasteiger partial charge in [0.2, 0.25) is 0 Å². The van der Waals surface area contributed by atoms with E-state index in [0.29, 0.717) is 16.8 Å². The lowest BCUT2D eigenvalue weighted by molar-refractivity contribution is -0.154. The van der Waals surface area contributed by atoms with Crippen molar-refractivity contribution in [3.63, 3.8) is 0 Å². The van der Waals surface area contributed by atoms with Crippen molar-refractivity contribution in [1.29, 1.82) is 0 Å². The number of carbonyl (C=O) groups excluding carboxylic acids is 1. The highest BCUT2D eigenvalue weighted by Crippen LogP contribution is 2.30. The molecule has 0 spiro atoms. The first-order chi connectivity index (χ1) is 14.3. The second-order valence-electron chi connectivity index (χ2n) is 9.23. The molecule has 1 aromatic rings. The normalized spacial score (nSPS) is 18.4. The number of benzene rings is 1. The SMILES string of the molecule is Cc1cc([S+]2CCCCC2)cc(C)c1OCC(=O)OC(C)(C)C#CC1CCCCC1. The van der Waals surface area contributed by atoms with Crippen LogP contribution >= 0.6 is 0 Å². The van der Waals surface area contributed by atoms with Crippen LogP contribution in [-0.2, 0) is 20.4 Å². The van der Waals surface area contributed by atoms with Crippen LogP contribution in [0.25, 0.3) is 0 Å². The number of aryl methyl sites for hydroxylation is 2. The summed E-state index contributed by atoms with van der Waals surface area (Å²) in [5, 5.41) is 0. The van der Waals surface area contributed by atoms with E-state index >= 15 is 0 Å². The molecular weight excluding hydrogens is 392 g/mol. The predicted octanol–water partition coefficient (Wildman–Crippen LogP) is 5.75. The highest BCUT2D eigenvalue weighted by atomic mass is 32.2. The van der Waals surface area contributed by atoms with Crippen LogP contribution in [0.5, 0.6) is 5.75 Å². The van der Waals surface area contributed by atoms with Crippen molar-refractivity contribution in [3.8, 4) is 17.6 Å². The largest absolute Gasteiger partial charge is 0.481 e. The van der Waals surface area contributed by atoms with Gasteiger partial charge in [-0.05, 0) is 83.1 Å². The van der Waals surface area contributed by atoms with Crippen LogP contribution < -0.4 is 4.74 Å². The van der Waals surface area contributed by atoms with Gasteiger partial charge in [-0.2, -0.15) is 0 Å². The van der Waals surface area contributed by atoms with E-state index in [4.69, 9.17) is 9.47 Å². The van der Waals surface area contributed by atoms with Crippen molar-refractivity contribution in [2.75, 3.05) is 18.1 Å². The van der Waals surface area contributed by atoms with Crippen molar-refractivity contribution in [3.05, 3.63) is 23.3 Å². The Morgan fingerprint density at radius 1 is 1.03 bits per heavy atom. The quantitative estimate of drug-likeness (QED) is 0.340. The van der Waals surface area contributed by atoms with Gasteiger partial charge >= 0.3 is 5.97 Å². The molecule has 1 aromatic carbocycles. The van der Waals surface area contributed by atoms with Crippen LogP contribution in [-0.4, -0.2) is 29.7 Å². The molecule has 0 atom stereocenters. The van der Waals surface area contributed by atoms with Crippen molar-refractivity contribution in [1.82, 2.24) is 0 Å². The number of ether oxygens (including phenoxy) is 2. The Labute approximate surface area is 185 Å². The zero-order valence-corrected chi connectivity index (χ0v) is 20.0. The third-order valence-electron chi connectivity index (χ3n) is 5.93. The zero-order valence-electron chi connectivity index (χ0n) is 19.1. The van der Waals surface area contributed by atoms with Gasteiger partial charge in [-0.3, -0.25) is 0 Å². The van der Waals surface area contributed by atoms with Crippen LogP contribution in [0.15, 0.2) is 17.0 Å². The van der Waals surface area contributed by atoms with Gasteiger partial charge in [0.05, 0.1) is 0 Å². The zero-order chi connectivity index (χ0) is 21.6. The van der Waals surface area contributed by atoms with E-state index in [-0.39, 0.29) is 12.6 Å². The molecule has 1 aliphatic heterocycles. The van der Waals surface area contributed by atoms with Gasteiger partial charge in [0, 0.05) is 16.8 Å². The lowest BCUT2D eigenvalue weighted by Gasteiger charge is -2.21. The van der Waals surface area contributed by atoms with Gasteiger partial charge in [-0.1, -0.05) is 31.1 Å². The average molecular weight is 430 g/mol. The molecule has 1 heterocycles. The smallest absolute Gasteiger partial charge is 0.345 e. The highest BCUT2D eigenvalue weighted by Gasteiger charge is 2.27. The molecule has 0 radical (unpaired) electrons. The summed E-state index contributed by atoms with van der Waals surface area (Å²) in [6.07, 6.45) is 10.2. The van der Waals surface area contributed by atoms with Crippen LogP contribution in [0.1, 0.15) is 76.3 Å². The standard InChI is InChI=1S/C26H37O3S/c1-20-17-23(30-15-9-6-10-16-30)18-21(2)25(20)28-19-24(27)29-26(3,4)14-13-22-11-7-5-8-12-22/h17-18,22H,5-12,15-16,19H2,1-4H3/q+1. The highest BCUT2D eigenvalue weighted by molar-refractivity contribution is 7.96. The molecule has 4 heteroatoms. The predicted molar refractivity (Wildman–Crippen MR) is 125 cm³/mol. The molecule has 2 fully saturated rings. The Morgan fingerprint density at radius 3 is 2.27 bits per heavy atom. The summed E-state index contributed by atoms with van der Waals surface area (Å²) < 4.78 is 11.5.